The van der Waals surface area contributed by atoms with Crippen LogP contribution in [0.15, 0.2) is 30.3 Å². The Hall–Kier alpha value is -1.28. The summed E-state index contributed by atoms with van der Waals surface area (Å²) in [5.74, 6) is -0.382. The summed E-state index contributed by atoms with van der Waals surface area (Å²) in [4.78, 5) is 12.0. The van der Waals surface area contributed by atoms with Gasteiger partial charge in [0, 0.05) is 11.4 Å². The van der Waals surface area contributed by atoms with Crippen molar-refractivity contribution in [3.63, 3.8) is 0 Å². The Morgan fingerprint density at radius 3 is 2.19 bits per heavy atom. The zero-order valence-electron chi connectivity index (χ0n) is 10.7. The van der Waals surface area contributed by atoms with Crippen molar-refractivity contribution < 1.29 is 13.2 Å². The molecule has 2 rings (SSSR count). The van der Waals surface area contributed by atoms with E-state index in [1.165, 1.54) is 6.07 Å². The minimum Gasteiger partial charge on any atom is -0.322 e. The molecule has 2 aromatic rings. The van der Waals surface area contributed by atoms with Crippen LogP contribution < -0.4 is 10.0 Å². The van der Waals surface area contributed by atoms with E-state index in [4.69, 9.17) is 23.2 Å². The van der Waals surface area contributed by atoms with Crippen LogP contribution in [0.4, 0.5) is 11.4 Å². The molecule has 0 saturated heterocycles. The first-order chi connectivity index (χ1) is 9.74. The van der Waals surface area contributed by atoms with Gasteiger partial charge in [-0.15, -0.1) is 11.3 Å². The second-order valence-electron chi connectivity index (χ2n) is 4.14. The van der Waals surface area contributed by atoms with Crippen LogP contribution in [-0.4, -0.2) is 20.6 Å². The van der Waals surface area contributed by atoms with Crippen LogP contribution in [0.5, 0.6) is 0 Å². The van der Waals surface area contributed by atoms with Crippen molar-refractivity contribution in [1.29, 1.82) is 0 Å². The molecule has 0 bridgehead atoms. The molecule has 1 aromatic heterocycles. The number of nitrogens with one attached hydrogen (secondary N) is 2. The molecule has 0 atom stereocenters. The van der Waals surface area contributed by atoms with E-state index in [1.807, 2.05) is 0 Å². The van der Waals surface area contributed by atoms with E-state index in [0.29, 0.717) is 25.6 Å². The molecule has 2 N–H and O–H groups in total. The molecule has 0 aliphatic rings. The van der Waals surface area contributed by atoms with Crippen LogP contribution in [0.2, 0.25) is 8.67 Å². The maximum absolute atomic E-state index is 12.0. The first-order valence-corrected chi connectivity index (χ1v) is 9.05. The van der Waals surface area contributed by atoms with E-state index in [2.05, 4.69) is 10.0 Å². The summed E-state index contributed by atoms with van der Waals surface area (Å²) in [7, 11) is -3.33. The fraction of sp³-hybridized carbons (Fsp3) is 0.0833. The van der Waals surface area contributed by atoms with Gasteiger partial charge < -0.3 is 5.32 Å². The monoisotopic (exact) mass is 364 g/mol. The number of amides is 1. The van der Waals surface area contributed by atoms with E-state index < -0.39 is 10.0 Å². The largest absolute Gasteiger partial charge is 0.322 e. The maximum Gasteiger partial charge on any atom is 0.258 e. The van der Waals surface area contributed by atoms with E-state index in [-0.39, 0.29) is 5.91 Å². The van der Waals surface area contributed by atoms with Gasteiger partial charge in [-0.3, -0.25) is 9.52 Å². The number of carbonyl (C=O) groups excluding carboxylic acids is 1. The second-order valence-corrected chi connectivity index (χ2v) is 8.18. The van der Waals surface area contributed by atoms with Gasteiger partial charge in [0.05, 0.1) is 16.2 Å². The summed E-state index contributed by atoms with van der Waals surface area (Å²) in [5.41, 5.74) is 1.22. The Labute approximate surface area is 135 Å². The van der Waals surface area contributed by atoms with Gasteiger partial charge in [-0.05, 0) is 30.3 Å². The summed E-state index contributed by atoms with van der Waals surface area (Å²) in [5, 5.41) is 2.65. The number of sulfonamides is 1. The first kappa shape index (κ1) is 16.1. The lowest BCUT2D eigenvalue weighted by molar-refractivity contribution is 0.102. The van der Waals surface area contributed by atoms with Crippen LogP contribution in [0.25, 0.3) is 0 Å². The van der Waals surface area contributed by atoms with Crippen molar-refractivity contribution in [2.24, 2.45) is 0 Å². The first-order valence-electron chi connectivity index (χ1n) is 5.58. The quantitative estimate of drug-likeness (QED) is 0.868. The number of halogens is 2. The number of anilines is 2. The van der Waals surface area contributed by atoms with E-state index in [1.54, 1.807) is 24.3 Å². The smallest absolute Gasteiger partial charge is 0.258 e. The number of carbonyl (C=O) groups is 1. The van der Waals surface area contributed by atoms with Crippen molar-refractivity contribution in [2.45, 2.75) is 0 Å². The zero-order chi connectivity index (χ0) is 15.6. The van der Waals surface area contributed by atoms with Gasteiger partial charge >= 0.3 is 0 Å². The molecule has 5 nitrogen and oxygen atoms in total. The average Bonchev–Trinajstić information content (AvgIpc) is 2.69. The maximum atomic E-state index is 12.0. The molecule has 0 unspecified atom stereocenters. The van der Waals surface area contributed by atoms with E-state index in [0.717, 1.165) is 17.6 Å². The molecule has 0 radical (unpaired) electrons. The van der Waals surface area contributed by atoms with Gasteiger partial charge in [0.2, 0.25) is 10.0 Å². The average molecular weight is 365 g/mol. The highest BCUT2D eigenvalue weighted by Crippen LogP contribution is 2.31. The molecule has 0 saturated carbocycles. The molecule has 1 aromatic carbocycles. The Bertz CT molecular complexity index is 770. The van der Waals surface area contributed by atoms with Gasteiger partial charge in [0.15, 0.2) is 0 Å². The molecule has 21 heavy (non-hydrogen) atoms. The number of hydrogen-bond acceptors (Lipinski definition) is 4. The van der Waals surface area contributed by atoms with Crippen LogP contribution >= 0.6 is 34.5 Å². The second kappa shape index (κ2) is 6.23. The number of benzene rings is 1. The van der Waals surface area contributed by atoms with Crippen LogP contribution in [0.1, 0.15) is 10.4 Å². The molecule has 112 valence electrons. The minimum absolute atomic E-state index is 0.296. The number of thiophene rings is 1. The zero-order valence-corrected chi connectivity index (χ0v) is 13.8. The Morgan fingerprint density at radius 1 is 1.14 bits per heavy atom. The SMILES string of the molecule is CS(=O)(=O)Nc1ccc(NC(=O)c2cc(Cl)sc2Cl)cc1. The summed E-state index contributed by atoms with van der Waals surface area (Å²) in [6.07, 6.45) is 1.06. The third-order valence-corrected chi connectivity index (χ3v) is 4.44. The molecule has 0 aliphatic carbocycles. The van der Waals surface area contributed by atoms with Gasteiger partial charge in [-0.2, -0.15) is 0 Å². The van der Waals surface area contributed by atoms with Gasteiger partial charge in [-0.25, -0.2) is 8.42 Å². The van der Waals surface area contributed by atoms with Crippen molar-refractivity contribution >= 4 is 61.8 Å². The van der Waals surface area contributed by atoms with Crippen molar-refractivity contribution in [1.82, 2.24) is 0 Å². The Morgan fingerprint density at radius 2 is 1.71 bits per heavy atom. The lowest BCUT2D eigenvalue weighted by atomic mass is 10.2. The van der Waals surface area contributed by atoms with Crippen LogP contribution in [-0.2, 0) is 10.0 Å². The summed E-state index contributed by atoms with van der Waals surface area (Å²) >= 11 is 12.8. The Kier molecular flexibility index (Phi) is 4.77. The molecule has 0 fully saturated rings. The summed E-state index contributed by atoms with van der Waals surface area (Å²) in [6.45, 7) is 0. The predicted molar refractivity (Wildman–Crippen MR) is 87.2 cm³/mol. The molecule has 1 heterocycles. The lowest BCUT2D eigenvalue weighted by Gasteiger charge is -2.07. The third kappa shape index (κ3) is 4.60. The minimum atomic E-state index is -3.33. The van der Waals surface area contributed by atoms with Gasteiger partial charge in [-0.1, -0.05) is 23.2 Å². The molecular formula is C12H10Cl2N2O3S2. The fourth-order valence-corrected chi connectivity index (χ4v) is 3.55. The molecule has 9 heteroatoms. The summed E-state index contributed by atoms with van der Waals surface area (Å²) < 4.78 is 25.2. The molecule has 0 aliphatic heterocycles. The fourth-order valence-electron chi connectivity index (χ4n) is 1.53. The molecular weight excluding hydrogens is 355 g/mol. The molecule has 0 spiro atoms. The highest BCUT2D eigenvalue weighted by atomic mass is 35.5. The lowest BCUT2D eigenvalue weighted by Crippen LogP contribution is -2.12. The Balaban J connectivity index is 2.10. The van der Waals surface area contributed by atoms with Crippen LogP contribution in [0.3, 0.4) is 0 Å². The van der Waals surface area contributed by atoms with Crippen LogP contribution in [0, 0.1) is 0 Å². The van der Waals surface area contributed by atoms with Gasteiger partial charge in [0.25, 0.3) is 5.91 Å². The van der Waals surface area contributed by atoms with E-state index >= 15 is 0 Å². The normalized spacial score (nSPS) is 11.2. The topological polar surface area (TPSA) is 75.3 Å². The standard InChI is InChI=1S/C12H10Cl2N2O3S2/c1-21(18,19)16-8-4-2-7(3-5-8)15-12(17)9-6-10(13)20-11(9)14/h2-6,16H,1H3,(H,15,17). The van der Waals surface area contributed by atoms with Gasteiger partial charge in [0.1, 0.15) is 4.34 Å². The highest BCUT2D eigenvalue weighted by Gasteiger charge is 2.14. The number of hydrogen-bond donors (Lipinski definition) is 2. The van der Waals surface area contributed by atoms with Crippen molar-refractivity contribution in [3.8, 4) is 0 Å². The third-order valence-electron chi connectivity index (χ3n) is 2.35. The number of rotatable bonds is 4. The predicted octanol–water partition coefficient (Wildman–Crippen LogP) is 3.68. The summed E-state index contributed by atoms with van der Waals surface area (Å²) in [6, 6.07) is 7.72. The molecule has 1 amide bonds. The van der Waals surface area contributed by atoms with E-state index in [9.17, 15) is 13.2 Å². The highest BCUT2D eigenvalue weighted by molar-refractivity contribution is 7.92. The van der Waals surface area contributed by atoms with Crippen molar-refractivity contribution in [2.75, 3.05) is 16.3 Å². The van der Waals surface area contributed by atoms with Crippen molar-refractivity contribution in [3.05, 3.63) is 44.6 Å².